The van der Waals surface area contributed by atoms with E-state index in [1.807, 2.05) is 25.1 Å². The minimum absolute atomic E-state index is 0.114. The second-order valence-electron chi connectivity index (χ2n) is 6.58. The maximum atomic E-state index is 12.6. The summed E-state index contributed by atoms with van der Waals surface area (Å²) in [5.74, 6) is 0.773. The fourth-order valence-corrected chi connectivity index (χ4v) is 2.86. The third-order valence-corrected chi connectivity index (χ3v) is 4.28. The standard InChI is InChI=1S/C21H22N2O3/c1-14(2)17-8-6-7-15(3)20(17)22-21(25)18-11-10-16(26-18)13-23-12-5-4-9-19(23)24/h4-12,14H,13H2,1-3H3,(H,22,25). The normalized spacial score (nSPS) is 10.9. The van der Waals surface area contributed by atoms with Gasteiger partial charge in [-0.25, -0.2) is 0 Å². The molecule has 1 amide bonds. The Labute approximate surface area is 152 Å². The molecule has 1 aromatic carbocycles. The van der Waals surface area contributed by atoms with E-state index in [0.717, 1.165) is 16.8 Å². The number of rotatable bonds is 5. The highest BCUT2D eigenvalue weighted by molar-refractivity contribution is 6.03. The molecule has 0 saturated carbocycles. The number of hydrogen-bond acceptors (Lipinski definition) is 3. The Hall–Kier alpha value is -3.08. The highest BCUT2D eigenvalue weighted by Gasteiger charge is 2.16. The average Bonchev–Trinajstić information content (AvgIpc) is 3.07. The second-order valence-corrected chi connectivity index (χ2v) is 6.58. The fraction of sp³-hybridized carbons (Fsp3) is 0.238. The summed E-state index contributed by atoms with van der Waals surface area (Å²) in [5.41, 5.74) is 2.80. The van der Waals surface area contributed by atoms with Crippen molar-refractivity contribution in [1.29, 1.82) is 0 Å². The van der Waals surface area contributed by atoms with Gasteiger partial charge in [0.2, 0.25) is 0 Å². The molecule has 0 aliphatic rings. The van der Waals surface area contributed by atoms with E-state index >= 15 is 0 Å². The summed E-state index contributed by atoms with van der Waals surface area (Å²) in [5, 5.41) is 2.96. The predicted molar refractivity (Wildman–Crippen MR) is 102 cm³/mol. The van der Waals surface area contributed by atoms with Gasteiger partial charge in [0.05, 0.1) is 6.54 Å². The first kappa shape index (κ1) is 17.7. The molecule has 0 radical (unpaired) electrons. The van der Waals surface area contributed by atoms with Crippen molar-refractivity contribution in [1.82, 2.24) is 4.57 Å². The van der Waals surface area contributed by atoms with Gasteiger partial charge in [-0.2, -0.15) is 0 Å². The largest absolute Gasteiger partial charge is 0.454 e. The van der Waals surface area contributed by atoms with Crippen LogP contribution in [0.1, 0.15) is 47.2 Å². The van der Waals surface area contributed by atoms with Gasteiger partial charge in [0.1, 0.15) is 5.76 Å². The van der Waals surface area contributed by atoms with Crippen LogP contribution in [-0.4, -0.2) is 10.5 Å². The van der Waals surface area contributed by atoms with Crippen molar-refractivity contribution in [2.45, 2.75) is 33.2 Å². The number of para-hydroxylation sites is 1. The number of anilines is 1. The van der Waals surface area contributed by atoms with Gasteiger partial charge in [-0.1, -0.05) is 38.1 Å². The van der Waals surface area contributed by atoms with Crippen molar-refractivity contribution >= 4 is 11.6 Å². The van der Waals surface area contributed by atoms with E-state index < -0.39 is 0 Å². The molecular formula is C21H22N2O3. The molecule has 26 heavy (non-hydrogen) atoms. The van der Waals surface area contributed by atoms with Crippen molar-refractivity contribution in [3.8, 4) is 0 Å². The third kappa shape index (κ3) is 3.77. The van der Waals surface area contributed by atoms with E-state index in [1.54, 1.807) is 30.5 Å². The number of amides is 1. The molecular weight excluding hydrogens is 328 g/mol. The summed E-state index contributed by atoms with van der Waals surface area (Å²) in [6, 6.07) is 14.3. The zero-order valence-corrected chi connectivity index (χ0v) is 15.2. The molecule has 1 N–H and O–H groups in total. The Morgan fingerprint density at radius 3 is 2.65 bits per heavy atom. The van der Waals surface area contributed by atoms with Crippen LogP contribution in [0.15, 0.2) is 63.9 Å². The number of nitrogens with one attached hydrogen (secondary N) is 1. The quantitative estimate of drug-likeness (QED) is 0.751. The number of carbonyl (C=O) groups excluding carboxylic acids is 1. The number of carbonyl (C=O) groups is 1. The molecule has 0 saturated heterocycles. The lowest BCUT2D eigenvalue weighted by Gasteiger charge is -2.15. The second kappa shape index (κ2) is 7.44. The maximum Gasteiger partial charge on any atom is 0.291 e. The molecule has 0 unspecified atom stereocenters. The first-order valence-electron chi connectivity index (χ1n) is 8.60. The average molecular weight is 350 g/mol. The van der Waals surface area contributed by atoms with E-state index in [1.165, 1.54) is 10.6 Å². The lowest BCUT2D eigenvalue weighted by Crippen LogP contribution is -2.18. The summed E-state index contributed by atoms with van der Waals surface area (Å²) in [6.07, 6.45) is 1.69. The van der Waals surface area contributed by atoms with Crippen LogP contribution in [0.25, 0.3) is 0 Å². The van der Waals surface area contributed by atoms with E-state index in [0.29, 0.717) is 11.7 Å². The number of furan rings is 1. The van der Waals surface area contributed by atoms with Gasteiger partial charge in [-0.3, -0.25) is 9.59 Å². The third-order valence-electron chi connectivity index (χ3n) is 4.28. The highest BCUT2D eigenvalue weighted by atomic mass is 16.4. The predicted octanol–water partition coefficient (Wildman–Crippen LogP) is 4.17. The summed E-state index contributed by atoms with van der Waals surface area (Å²) in [6.45, 7) is 6.44. The first-order chi connectivity index (χ1) is 12.5. The SMILES string of the molecule is Cc1cccc(C(C)C)c1NC(=O)c1ccc(Cn2ccccc2=O)o1. The molecule has 5 nitrogen and oxygen atoms in total. The lowest BCUT2D eigenvalue weighted by molar-refractivity contribution is 0.0994. The Bertz CT molecular complexity index is 983. The van der Waals surface area contributed by atoms with Gasteiger partial charge in [-0.05, 0) is 42.2 Å². The molecule has 0 aliphatic heterocycles. The zero-order valence-electron chi connectivity index (χ0n) is 15.2. The zero-order chi connectivity index (χ0) is 18.7. The van der Waals surface area contributed by atoms with Gasteiger partial charge in [0.25, 0.3) is 11.5 Å². The first-order valence-corrected chi connectivity index (χ1v) is 8.60. The molecule has 2 heterocycles. The van der Waals surface area contributed by atoms with Crippen LogP contribution >= 0.6 is 0 Å². The van der Waals surface area contributed by atoms with Crippen LogP contribution in [0.3, 0.4) is 0 Å². The minimum atomic E-state index is -0.298. The van der Waals surface area contributed by atoms with Gasteiger partial charge >= 0.3 is 0 Å². The van der Waals surface area contributed by atoms with Crippen LogP contribution in [0, 0.1) is 6.92 Å². The summed E-state index contributed by atoms with van der Waals surface area (Å²) in [7, 11) is 0. The smallest absolute Gasteiger partial charge is 0.291 e. The Balaban J connectivity index is 1.79. The van der Waals surface area contributed by atoms with E-state index in [-0.39, 0.29) is 23.8 Å². The van der Waals surface area contributed by atoms with E-state index in [2.05, 4.69) is 19.2 Å². The summed E-state index contributed by atoms with van der Waals surface area (Å²) >= 11 is 0. The molecule has 5 heteroatoms. The number of aryl methyl sites for hydroxylation is 1. The lowest BCUT2D eigenvalue weighted by atomic mass is 9.98. The molecule has 0 fully saturated rings. The summed E-state index contributed by atoms with van der Waals surface area (Å²) in [4.78, 5) is 24.4. The van der Waals surface area contributed by atoms with Gasteiger partial charge in [0, 0.05) is 18.0 Å². The number of hydrogen-bond donors (Lipinski definition) is 1. The molecule has 0 atom stereocenters. The van der Waals surface area contributed by atoms with Gasteiger partial charge in [-0.15, -0.1) is 0 Å². The van der Waals surface area contributed by atoms with Crippen LogP contribution in [-0.2, 0) is 6.54 Å². The molecule has 134 valence electrons. The van der Waals surface area contributed by atoms with E-state index in [9.17, 15) is 9.59 Å². The molecule has 2 aromatic heterocycles. The van der Waals surface area contributed by atoms with Crippen LogP contribution in [0.5, 0.6) is 0 Å². The molecule has 0 spiro atoms. The topological polar surface area (TPSA) is 64.2 Å². The highest BCUT2D eigenvalue weighted by Crippen LogP contribution is 2.28. The van der Waals surface area contributed by atoms with Crippen LogP contribution < -0.4 is 10.9 Å². The van der Waals surface area contributed by atoms with Crippen molar-refractivity contribution in [2.24, 2.45) is 0 Å². The van der Waals surface area contributed by atoms with Crippen LogP contribution in [0.4, 0.5) is 5.69 Å². The van der Waals surface area contributed by atoms with E-state index in [4.69, 9.17) is 4.42 Å². The minimum Gasteiger partial charge on any atom is -0.454 e. The molecule has 0 aliphatic carbocycles. The molecule has 3 rings (SSSR count). The Morgan fingerprint density at radius 2 is 1.92 bits per heavy atom. The van der Waals surface area contributed by atoms with Gasteiger partial charge < -0.3 is 14.3 Å². The maximum absolute atomic E-state index is 12.6. The Kier molecular flexibility index (Phi) is 5.07. The number of aromatic nitrogens is 1. The fourth-order valence-electron chi connectivity index (χ4n) is 2.86. The van der Waals surface area contributed by atoms with Crippen molar-refractivity contribution in [3.05, 3.63) is 87.7 Å². The molecule has 0 bridgehead atoms. The van der Waals surface area contributed by atoms with Crippen molar-refractivity contribution in [2.75, 3.05) is 5.32 Å². The molecule has 3 aromatic rings. The monoisotopic (exact) mass is 350 g/mol. The number of benzene rings is 1. The van der Waals surface area contributed by atoms with Crippen LogP contribution in [0.2, 0.25) is 0 Å². The van der Waals surface area contributed by atoms with Crippen molar-refractivity contribution < 1.29 is 9.21 Å². The number of pyridine rings is 1. The summed E-state index contributed by atoms with van der Waals surface area (Å²) < 4.78 is 7.17. The van der Waals surface area contributed by atoms with Gasteiger partial charge in [0.15, 0.2) is 5.76 Å². The Morgan fingerprint density at radius 1 is 1.12 bits per heavy atom. The van der Waals surface area contributed by atoms with Crippen molar-refractivity contribution in [3.63, 3.8) is 0 Å². The number of nitrogens with zero attached hydrogens (tertiary/aromatic N) is 1.